The largest absolute Gasteiger partial charge is 0.490 e. The Hall–Kier alpha value is -3.08. The Kier molecular flexibility index (Phi) is 5.14. The van der Waals surface area contributed by atoms with Crippen LogP contribution >= 0.6 is 0 Å². The smallest absolute Gasteiger partial charge is 0.167 e. The highest BCUT2D eigenvalue weighted by Gasteiger charge is 2.10. The highest BCUT2D eigenvalue weighted by Crippen LogP contribution is 2.29. The molecular weight excluding hydrogens is 318 g/mol. The summed E-state index contributed by atoms with van der Waals surface area (Å²) in [5.74, 6) is 1.79. The molecule has 1 heterocycles. The zero-order valence-corrected chi connectivity index (χ0v) is 14.2. The maximum atomic E-state index is 10.9. The van der Waals surface area contributed by atoms with E-state index in [0.29, 0.717) is 35.1 Å². The van der Waals surface area contributed by atoms with Gasteiger partial charge in [0.25, 0.3) is 0 Å². The molecule has 0 unspecified atom stereocenters. The number of carbonyl (C=O) groups is 1. The molecule has 3 aromatic rings. The van der Waals surface area contributed by atoms with Crippen LogP contribution in [0.3, 0.4) is 0 Å². The Morgan fingerprint density at radius 3 is 2.56 bits per heavy atom. The van der Waals surface area contributed by atoms with Crippen molar-refractivity contribution in [1.82, 2.24) is 5.16 Å². The summed E-state index contributed by atoms with van der Waals surface area (Å²) < 4.78 is 16.7. The van der Waals surface area contributed by atoms with Gasteiger partial charge in [-0.1, -0.05) is 35.0 Å². The second kappa shape index (κ2) is 7.66. The molecule has 5 heteroatoms. The van der Waals surface area contributed by atoms with E-state index in [1.54, 1.807) is 18.2 Å². The molecule has 0 radical (unpaired) electrons. The van der Waals surface area contributed by atoms with Gasteiger partial charge in [0.1, 0.15) is 18.6 Å². The fourth-order valence-electron chi connectivity index (χ4n) is 2.37. The minimum Gasteiger partial charge on any atom is -0.490 e. The number of aryl methyl sites for hydroxylation is 1. The van der Waals surface area contributed by atoms with Crippen molar-refractivity contribution in [2.45, 2.75) is 20.5 Å². The summed E-state index contributed by atoms with van der Waals surface area (Å²) in [5, 5.41) is 4.04. The van der Waals surface area contributed by atoms with E-state index in [2.05, 4.69) is 5.16 Å². The van der Waals surface area contributed by atoms with Crippen molar-refractivity contribution < 1.29 is 18.8 Å². The van der Waals surface area contributed by atoms with Gasteiger partial charge in [-0.2, -0.15) is 0 Å². The molecule has 0 saturated carbocycles. The summed E-state index contributed by atoms with van der Waals surface area (Å²) in [6.45, 7) is 4.65. The van der Waals surface area contributed by atoms with Crippen LogP contribution in [0.1, 0.15) is 28.5 Å². The number of hydrogen-bond acceptors (Lipinski definition) is 5. The van der Waals surface area contributed by atoms with Gasteiger partial charge in [-0.05, 0) is 32.0 Å². The molecule has 0 atom stereocenters. The van der Waals surface area contributed by atoms with Gasteiger partial charge < -0.3 is 14.0 Å². The van der Waals surface area contributed by atoms with E-state index in [-0.39, 0.29) is 6.61 Å². The monoisotopic (exact) mass is 337 g/mol. The molecule has 128 valence electrons. The van der Waals surface area contributed by atoms with E-state index < -0.39 is 0 Å². The second-order valence-electron chi connectivity index (χ2n) is 5.59. The summed E-state index contributed by atoms with van der Waals surface area (Å²) in [5.41, 5.74) is 3.38. The van der Waals surface area contributed by atoms with Crippen molar-refractivity contribution in [3.63, 3.8) is 0 Å². The molecule has 1 aromatic heterocycles. The average Bonchev–Trinajstić information content (AvgIpc) is 3.10. The van der Waals surface area contributed by atoms with Gasteiger partial charge in [-0.25, -0.2) is 0 Å². The third kappa shape index (κ3) is 4.07. The lowest BCUT2D eigenvalue weighted by Gasteiger charge is -2.11. The molecule has 2 aromatic carbocycles. The molecule has 0 aliphatic heterocycles. The first-order valence-corrected chi connectivity index (χ1v) is 8.07. The summed E-state index contributed by atoms with van der Waals surface area (Å²) in [4.78, 5) is 10.9. The van der Waals surface area contributed by atoms with Crippen molar-refractivity contribution in [2.75, 3.05) is 6.61 Å². The lowest BCUT2D eigenvalue weighted by Crippen LogP contribution is -2.00. The van der Waals surface area contributed by atoms with E-state index in [0.717, 1.165) is 11.8 Å². The molecule has 0 aliphatic carbocycles. The minimum absolute atomic E-state index is 0.246. The van der Waals surface area contributed by atoms with Gasteiger partial charge in [0.2, 0.25) is 0 Å². The van der Waals surface area contributed by atoms with Gasteiger partial charge in [-0.3, -0.25) is 4.79 Å². The van der Waals surface area contributed by atoms with Gasteiger partial charge in [0, 0.05) is 17.2 Å². The second-order valence-corrected chi connectivity index (χ2v) is 5.59. The third-order valence-corrected chi connectivity index (χ3v) is 3.67. The van der Waals surface area contributed by atoms with Gasteiger partial charge >= 0.3 is 0 Å². The highest BCUT2D eigenvalue weighted by molar-refractivity contribution is 5.76. The fourth-order valence-corrected chi connectivity index (χ4v) is 2.37. The van der Waals surface area contributed by atoms with Crippen molar-refractivity contribution in [2.24, 2.45) is 0 Å². The van der Waals surface area contributed by atoms with E-state index in [1.807, 2.05) is 44.2 Å². The van der Waals surface area contributed by atoms with Gasteiger partial charge in [0.15, 0.2) is 17.3 Å². The molecule has 5 nitrogen and oxygen atoms in total. The van der Waals surface area contributed by atoms with Crippen molar-refractivity contribution in [3.05, 3.63) is 65.4 Å². The van der Waals surface area contributed by atoms with Crippen LogP contribution in [0.5, 0.6) is 11.5 Å². The summed E-state index contributed by atoms with van der Waals surface area (Å²) in [6.07, 6.45) is 0.776. The Labute approximate surface area is 146 Å². The molecule has 0 N–H and O–H groups in total. The first-order chi connectivity index (χ1) is 12.2. The van der Waals surface area contributed by atoms with E-state index >= 15 is 0 Å². The molecule has 0 bridgehead atoms. The van der Waals surface area contributed by atoms with Crippen molar-refractivity contribution in [1.29, 1.82) is 0 Å². The van der Waals surface area contributed by atoms with Crippen LogP contribution in [0.15, 0.2) is 53.1 Å². The van der Waals surface area contributed by atoms with Crippen molar-refractivity contribution in [3.8, 4) is 22.8 Å². The minimum atomic E-state index is 0.246. The SMILES string of the molecule is CCOc1cc(C=O)ccc1OCc1cc(-c2ccc(C)cc2)on1. The first kappa shape index (κ1) is 16.8. The summed E-state index contributed by atoms with van der Waals surface area (Å²) in [7, 11) is 0. The molecule has 0 fully saturated rings. The maximum absolute atomic E-state index is 10.9. The molecule has 25 heavy (non-hydrogen) atoms. The number of nitrogens with zero attached hydrogens (tertiary/aromatic N) is 1. The fraction of sp³-hybridized carbons (Fsp3) is 0.200. The van der Waals surface area contributed by atoms with E-state index in [4.69, 9.17) is 14.0 Å². The molecule has 0 aliphatic rings. The Balaban J connectivity index is 1.72. The quantitative estimate of drug-likeness (QED) is 0.596. The molecule has 0 saturated heterocycles. The topological polar surface area (TPSA) is 61.6 Å². The predicted octanol–water partition coefficient (Wildman–Crippen LogP) is 4.44. The zero-order chi connectivity index (χ0) is 17.6. The standard InChI is InChI=1S/C20H19NO4/c1-3-23-20-10-15(12-22)6-9-18(20)24-13-17-11-19(25-21-17)16-7-4-14(2)5-8-16/h4-12H,3,13H2,1-2H3. The third-order valence-electron chi connectivity index (χ3n) is 3.67. The molecule has 3 rings (SSSR count). The summed E-state index contributed by atoms with van der Waals surface area (Å²) >= 11 is 0. The lowest BCUT2D eigenvalue weighted by molar-refractivity contribution is 0.112. The van der Waals surface area contributed by atoms with Gasteiger partial charge in [-0.15, -0.1) is 0 Å². The van der Waals surface area contributed by atoms with Crippen LogP contribution in [0.2, 0.25) is 0 Å². The van der Waals surface area contributed by atoms with E-state index in [9.17, 15) is 4.79 Å². The highest BCUT2D eigenvalue weighted by atomic mass is 16.5. The van der Waals surface area contributed by atoms with Crippen LogP contribution in [-0.4, -0.2) is 18.0 Å². The lowest BCUT2D eigenvalue weighted by atomic mass is 10.1. The number of benzene rings is 2. The van der Waals surface area contributed by atoms with Crippen LogP contribution in [0.4, 0.5) is 0 Å². The normalized spacial score (nSPS) is 10.5. The van der Waals surface area contributed by atoms with Crippen molar-refractivity contribution >= 4 is 6.29 Å². The van der Waals surface area contributed by atoms with Gasteiger partial charge in [0.05, 0.1) is 6.61 Å². The van der Waals surface area contributed by atoms with Crippen LogP contribution in [0.25, 0.3) is 11.3 Å². The summed E-state index contributed by atoms with van der Waals surface area (Å²) in [6, 6.07) is 14.9. The van der Waals surface area contributed by atoms with Crippen LogP contribution in [0, 0.1) is 6.92 Å². The Morgan fingerprint density at radius 1 is 1.04 bits per heavy atom. The first-order valence-electron chi connectivity index (χ1n) is 8.07. The number of rotatable bonds is 7. The number of hydrogen-bond donors (Lipinski definition) is 0. The maximum Gasteiger partial charge on any atom is 0.167 e. The Morgan fingerprint density at radius 2 is 1.84 bits per heavy atom. The number of carbonyl (C=O) groups excluding carboxylic acids is 1. The van der Waals surface area contributed by atoms with Crippen LogP contribution in [-0.2, 0) is 6.61 Å². The average molecular weight is 337 g/mol. The molecular formula is C20H19NO4. The number of aldehydes is 1. The zero-order valence-electron chi connectivity index (χ0n) is 14.2. The molecule has 0 amide bonds. The number of aromatic nitrogens is 1. The number of ether oxygens (including phenoxy) is 2. The predicted molar refractivity (Wildman–Crippen MR) is 94.0 cm³/mol. The molecule has 0 spiro atoms. The van der Waals surface area contributed by atoms with Crippen LogP contribution < -0.4 is 9.47 Å². The van der Waals surface area contributed by atoms with E-state index in [1.165, 1.54) is 5.56 Å². The Bertz CT molecular complexity index is 852.